The largest absolute Gasteiger partial charge is 0.489 e. The summed E-state index contributed by atoms with van der Waals surface area (Å²) in [6, 6.07) is 6.30. The van der Waals surface area contributed by atoms with Crippen molar-refractivity contribution >= 4 is 23.2 Å². The van der Waals surface area contributed by atoms with Crippen LogP contribution in [0.1, 0.15) is 36.3 Å². The zero-order valence-corrected chi connectivity index (χ0v) is 21.2. The Bertz CT molecular complexity index is 1440. The van der Waals surface area contributed by atoms with Gasteiger partial charge >= 0.3 is 0 Å². The van der Waals surface area contributed by atoms with E-state index < -0.39 is 5.82 Å². The van der Waals surface area contributed by atoms with E-state index in [2.05, 4.69) is 32.4 Å². The molecule has 0 radical (unpaired) electrons. The lowest BCUT2D eigenvalue weighted by molar-refractivity contribution is -0.133. The normalized spacial score (nSPS) is 15.9. The van der Waals surface area contributed by atoms with E-state index in [9.17, 15) is 14.0 Å². The van der Waals surface area contributed by atoms with Crippen molar-refractivity contribution in [1.82, 2.24) is 20.2 Å². The molecular weight excluding hydrogens is 489 g/mol. The molecule has 2 aromatic heterocycles. The van der Waals surface area contributed by atoms with Gasteiger partial charge in [-0.05, 0) is 44.4 Å². The Kier molecular flexibility index (Phi) is 7.18. The van der Waals surface area contributed by atoms with Crippen LogP contribution in [0.25, 0.3) is 11.3 Å². The Morgan fingerprint density at radius 1 is 1.32 bits per heavy atom. The molecule has 0 saturated carbocycles. The van der Waals surface area contributed by atoms with E-state index in [-0.39, 0.29) is 36.8 Å². The van der Waals surface area contributed by atoms with Crippen molar-refractivity contribution in [1.29, 1.82) is 0 Å². The number of nitrogens with one attached hydrogen (secondary N) is 3. The van der Waals surface area contributed by atoms with Crippen LogP contribution in [-0.2, 0) is 11.2 Å². The fraction of sp³-hybridized carbons (Fsp3) is 0.321. The summed E-state index contributed by atoms with van der Waals surface area (Å²) in [5.74, 6) is 4.82. The number of fused-ring (bicyclic) bond motifs is 1. The van der Waals surface area contributed by atoms with E-state index >= 15 is 0 Å². The number of hydrogen-bond donors (Lipinski definition) is 3. The first-order valence-electron chi connectivity index (χ1n) is 12.5. The second-order valence-electron chi connectivity index (χ2n) is 8.91. The number of benzene rings is 1. The molecule has 2 aliphatic rings. The van der Waals surface area contributed by atoms with Crippen LogP contribution in [0.5, 0.6) is 11.5 Å². The smallest absolute Gasteiger partial charge is 0.298 e. The number of aromatic nitrogens is 2. The highest BCUT2D eigenvalue weighted by Gasteiger charge is 2.33. The Hall–Kier alpha value is -4.52. The zero-order chi connectivity index (χ0) is 26.6. The number of pyridine rings is 1. The van der Waals surface area contributed by atoms with Crippen LogP contribution in [0.15, 0.2) is 36.7 Å². The quantitative estimate of drug-likeness (QED) is 0.394. The van der Waals surface area contributed by atoms with Gasteiger partial charge in [-0.2, -0.15) is 0 Å². The second-order valence-corrected chi connectivity index (χ2v) is 8.91. The maximum Gasteiger partial charge on any atom is 0.298 e. The maximum atomic E-state index is 14.6. The molecule has 0 spiro atoms. The van der Waals surface area contributed by atoms with Crippen molar-refractivity contribution in [3.05, 3.63) is 53.7 Å². The van der Waals surface area contributed by atoms with Crippen molar-refractivity contribution in [3.63, 3.8) is 0 Å². The molecule has 1 saturated heterocycles. The molecule has 1 atom stereocenters. The molecule has 0 aliphatic carbocycles. The van der Waals surface area contributed by atoms with Crippen LogP contribution >= 0.6 is 0 Å². The maximum absolute atomic E-state index is 14.6. The average molecular weight is 518 g/mol. The molecular formula is C28H28FN5O4. The number of rotatable bonds is 8. The van der Waals surface area contributed by atoms with Gasteiger partial charge in [-0.3, -0.25) is 14.6 Å². The first kappa shape index (κ1) is 25.1. The number of aromatic amines is 1. The lowest BCUT2D eigenvalue weighted by Gasteiger charge is -2.39. The highest BCUT2D eigenvalue weighted by atomic mass is 19.1. The van der Waals surface area contributed by atoms with Crippen LogP contribution in [0.2, 0.25) is 0 Å². The Balaban J connectivity index is 1.51. The molecule has 1 aromatic carbocycles. The molecule has 10 heteroatoms. The third kappa shape index (κ3) is 4.75. The van der Waals surface area contributed by atoms with E-state index in [1.54, 1.807) is 49.3 Å². The summed E-state index contributed by atoms with van der Waals surface area (Å²) in [6.45, 7) is 5.11. The Morgan fingerprint density at radius 3 is 2.95 bits per heavy atom. The van der Waals surface area contributed by atoms with Gasteiger partial charge in [0.1, 0.15) is 12.4 Å². The van der Waals surface area contributed by atoms with Gasteiger partial charge in [-0.25, -0.2) is 4.39 Å². The summed E-state index contributed by atoms with van der Waals surface area (Å²) in [6.07, 6.45) is 4.66. The fourth-order valence-electron chi connectivity index (χ4n) is 4.69. The number of amides is 2. The minimum atomic E-state index is -0.507. The number of nitrogens with zero attached hydrogens (tertiary/aromatic N) is 2. The molecule has 3 aromatic rings. The van der Waals surface area contributed by atoms with Crippen molar-refractivity contribution in [2.75, 3.05) is 31.6 Å². The van der Waals surface area contributed by atoms with Crippen molar-refractivity contribution < 1.29 is 23.5 Å². The zero-order valence-electron chi connectivity index (χ0n) is 21.2. The molecule has 2 amide bonds. The van der Waals surface area contributed by atoms with E-state index in [1.165, 1.54) is 6.07 Å². The molecule has 3 N–H and O–H groups in total. The van der Waals surface area contributed by atoms with Gasteiger partial charge in [0.25, 0.3) is 11.8 Å². The van der Waals surface area contributed by atoms with Crippen molar-refractivity contribution in [3.8, 4) is 34.6 Å². The molecule has 9 nitrogen and oxygen atoms in total. The summed E-state index contributed by atoms with van der Waals surface area (Å²) >= 11 is 0. The van der Waals surface area contributed by atoms with E-state index in [1.807, 2.05) is 0 Å². The fourth-order valence-corrected chi connectivity index (χ4v) is 4.69. The van der Waals surface area contributed by atoms with Crippen LogP contribution in [0.3, 0.4) is 0 Å². The minimum Gasteiger partial charge on any atom is -0.489 e. The summed E-state index contributed by atoms with van der Waals surface area (Å²) < 4.78 is 26.3. The monoisotopic (exact) mass is 517 g/mol. The van der Waals surface area contributed by atoms with Crippen LogP contribution in [-0.4, -0.2) is 59.0 Å². The van der Waals surface area contributed by atoms with Gasteiger partial charge in [0.05, 0.1) is 41.5 Å². The van der Waals surface area contributed by atoms with Crippen LogP contribution in [0, 0.1) is 17.7 Å². The number of likely N-dealkylation sites (tertiary alicyclic amines) is 1. The second kappa shape index (κ2) is 10.8. The Morgan fingerprint density at radius 2 is 2.18 bits per heavy atom. The number of halogens is 1. The number of carbonyl (C=O) groups excluding carboxylic acids is 2. The van der Waals surface area contributed by atoms with E-state index in [4.69, 9.17) is 9.47 Å². The predicted octanol–water partition coefficient (Wildman–Crippen LogP) is 3.65. The molecule has 1 fully saturated rings. The predicted molar refractivity (Wildman–Crippen MR) is 140 cm³/mol. The van der Waals surface area contributed by atoms with Gasteiger partial charge in [0.15, 0.2) is 11.6 Å². The first-order valence-corrected chi connectivity index (χ1v) is 12.5. The molecule has 0 unspecified atom stereocenters. The topological polar surface area (TPSA) is 109 Å². The van der Waals surface area contributed by atoms with Gasteiger partial charge in [-0.15, -0.1) is 0 Å². The summed E-state index contributed by atoms with van der Waals surface area (Å²) in [5, 5.41) is 6.13. The lowest BCUT2D eigenvalue weighted by Crippen LogP contribution is -2.53. The summed E-state index contributed by atoms with van der Waals surface area (Å²) in [7, 11) is 0. The third-order valence-corrected chi connectivity index (χ3v) is 6.60. The number of para-hydroxylation sites is 1. The van der Waals surface area contributed by atoms with E-state index in [0.717, 1.165) is 12.1 Å². The van der Waals surface area contributed by atoms with Gasteiger partial charge in [-0.1, -0.05) is 12.0 Å². The SMILES string of the molecule is CC#CC(=O)N1CC[C@@H]1COc1cnccc1-c1[nH]c2c(c1Nc1cccc(F)c1OCC)C(=O)NCC2. The molecule has 5 rings (SSSR count). The van der Waals surface area contributed by atoms with Gasteiger partial charge < -0.3 is 30.0 Å². The number of anilines is 2. The lowest BCUT2D eigenvalue weighted by atomic mass is 10.0. The third-order valence-electron chi connectivity index (χ3n) is 6.60. The average Bonchev–Trinajstić information content (AvgIpc) is 3.25. The molecule has 4 heterocycles. The van der Waals surface area contributed by atoms with Crippen LogP contribution < -0.4 is 20.1 Å². The van der Waals surface area contributed by atoms with Crippen molar-refractivity contribution in [2.24, 2.45) is 0 Å². The highest BCUT2D eigenvalue weighted by Crippen LogP contribution is 2.42. The van der Waals surface area contributed by atoms with E-state index in [0.29, 0.717) is 53.5 Å². The number of carbonyl (C=O) groups is 2. The summed E-state index contributed by atoms with van der Waals surface area (Å²) in [4.78, 5) is 34.4. The molecule has 0 bridgehead atoms. The summed E-state index contributed by atoms with van der Waals surface area (Å²) in [5.41, 5.74) is 3.37. The Labute approximate surface area is 219 Å². The molecule has 196 valence electrons. The first-order chi connectivity index (χ1) is 18.5. The minimum absolute atomic E-state index is 0.0724. The number of hydrogen-bond acceptors (Lipinski definition) is 6. The highest BCUT2D eigenvalue weighted by molar-refractivity contribution is 6.06. The van der Waals surface area contributed by atoms with Gasteiger partial charge in [0, 0.05) is 37.0 Å². The van der Waals surface area contributed by atoms with Crippen LogP contribution in [0.4, 0.5) is 15.8 Å². The molecule has 38 heavy (non-hydrogen) atoms. The molecule has 2 aliphatic heterocycles. The standard InChI is InChI=1S/C28H28FN5O4/c1-3-6-23(35)34-14-11-17(34)16-38-22-15-30-12-9-18(22)25-26(24-20(32-25)10-13-31-28(24)36)33-21-8-5-7-19(29)27(21)37-4-2/h5,7-9,12,15,17,32-33H,4,10-11,13-14,16H2,1-2H3,(H,31,36)/t17-/m1/s1. The number of ether oxygens (including phenoxy) is 2. The van der Waals surface area contributed by atoms with Gasteiger partial charge in [0.2, 0.25) is 0 Å². The van der Waals surface area contributed by atoms with Crippen molar-refractivity contribution in [2.45, 2.75) is 32.7 Å². The number of H-pyrrole nitrogens is 1.